The number of nitrogens with one attached hydrogen (secondary N) is 1. The number of anilines is 2. The van der Waals surface area contributed by atoms with Crippen LogP contribution >= 0.6 is 0 Å². The van der Waals surface area contributed by atoms with Gasteiger partial charge in [0.15, 0.2) is 0 Å². The molecule has 0 spiro atoms. The number of benzene rings is 1. The van der Waals surface area contributed by atoms with Crippen LogP contribution in [0.3, 0.4) is 0 Å². The van der Waals surface area contributed by atoms with Crippen molar-refractivity contribution in [1.82, 2.24) is 0 Å². The van der Waals surface area contributed by atoms with Crippen molar-refractivity contribution < 1.29 is 9.47 Å². The van der Waals surface area contributed by atoms with Crippen molar-refractivity contribution in [2.45, 2.75) is 44.8 Å². The van der Waals surface area contributed by atoms with Crippen LogP contribution in [0.1, 0.15) is 33.1 Å². The molecule has 0 unspecified atom stereocenters. The highest BCUT2D eigenvalue weighted by Gasteiger charge is 2.36. The number of ether oxygens (including phenoxy) is 2. The molecule has 106 valence electrons. The Hall–Kier alpha value is -1.42. The molecule has 4 heteroatoms. The quantitative estimate of drug-likeness (QED) is 0.775. The van der Waals surface area contributed by atoms with Gasteiger partial charge in [0.2, 0.25) is 0 Å². The van der Waals surface area contributed by atoms with Gasteiger partial charge in [0, 0.05) is 13.7 Å². The zero-order chi connectivity index (χ0) is 13.9. The minimum Gasteiger partial charge on any atom is -0.489 e. The molecule has 0 aliphatic heterocycles. The van der Waals surface area contributed by atoms with Crippen molar-refractivity contribution in [2.75, 3.05) is 24.7 Å². The highest BCUT2D eigenvalue weighted by atomic mass is 16.5. The first-order chi connectivity index (χ1) is 9.06. The van der Waals surface area contributed by atoms with Crippen molar-refractivity contribution in [3.05, 3.63) is 18.2 Å². The summed E-state index contributed by atoms with van der Waals surface area (Å²) < 4.78 is 11.3. The molecule has 1 aromatic carbocycles. The smallest absolute Gasteiger partial charge is 0.144 e. The third-order valence-corrected chi connectivity index (χ3v) is 3.73. The molecule has 1 saturated carbocycles. The summed E-state index contributed by atoms with van der Waals surface area (Å²) in [6.45, 7) is 4.78. The molecular weight excluding hydrogens is 240 g/mol. The van der Waals surface area contributed by atoms with E-state index < -0.39 is 0 Å². The van der Waals surface area contributed by atoms with Crippen molar-refractivity contribution >= 4 is 11.4 Å². The van der Waals surface area contributed by atoms with E-state index in [1.807, 2.05) is 32.0 Å². The van der Waals surface area contributed by atoms with Gasteiger partial charge in [-0.15, -0.1) is 0 Å². The Kier molecular flexibility index (Phi) is 4.20. The van der Waals surface area contributed by atoms with Gasteiger partial charge in [-0.2, -0.15) is 0 Å². The summed E-state index contributed by atoms with van der Waals surface area (Å²) in [6.07, 6.45) is 3.58. The third-order valence-electron chi connectivity index (χ3n) is 3.73. The average molecular weight is 264 g/mol. The highest BCUT2D eigenvalue weighted by molar-refractivity contribution is 5.73. The Balaban J connectivity index is 2.04. The van der Waals surface area contributed by atoms with E-state index in [1.54, 1.807) is 7.11 Å². The second-order valence-corrected chi connectivity index (χ2v) is 5.48. The van der Waals surface area contributed by atoms with E-state index in [1.165, 1.54) is 6.42 Å². The summed E-state index contributed by atoms with van der Waals surface area (Å²) in [5, 5.41) is 3.39. The van der Waals surface area contributed by atoms with Gasteiger partial charge < -0.3 is 20.5 Å². The van der Waals surface area contributed by atoms with E-state index in [9.17, 15) is 0 Å². The van der Waals surface area contributed by atoms with Gasteiger partial charge in [0.25, 0.3) is 0 Å². The predicted molar refractivity (Wildman–Crippen MR) is 78.7 cm³/mol. The van der Waals surface area contributed by atoms with Gasteiger partial charge in [0.1, 0.15) is 5.75 Å². The fourth-order valence-electron chi connectivity index (χ4n) is 2.34. The molecule has 1 fully saturated rings. The molecule has 0 heterocycles. The monoisotopic (exact) mass is 264 g/mol. The van der Waals surface area contributed by atoms with Crippen LogP contribution in [0, 0.1) is 0 Å². The zero-order valence-corrected chi connectivity index (χ0v) is 12.0. The summed E-state index contributed by atoms with van der Waals surface area (Å²) in [5.74, 6) is 0.736. The minimum atomic E-state index is -0.0125. The predicted octanol–water partition coefficient (Wildman–Crippen LogP) is 3.04. The third kappa shape index (κ3) is 3.13. The van der Waals surface area contributed by atoms with Crippen molar-refractivity contribution in [3.8, 4) is 5.75 Å². The van der Waals surface area contributed by atoms with E-state index in [-0.39, 0.29) is 11.7 Å². The molecule has 1 aromatic rings. The molecule has 0 radical (unpaired) electrons. The number of nitrogen functional groups attached to an aromatic ring is 1. The first-order valence-corrected chi connectivity index (χ1v) is 6.90. The summed E-state index contributed by atoms with van der Waals surface area (Å²) in [5.41, 5.74) is 7.71. The van der Waals surface area contributed by atoms with E-state index in [0.29, 0.717) is 5.69 Å². The average Bonchev–Trinajstić information content (AvgIpc) is 2.32. The molecule has 1 aliphatic rings. The van der Waals surface area contributed by atoms with Crippen molar-refractivity contribution in [2.24, 2.45) is 0 Å². The first kappa shape index (κ1) is 14.0. The van der Waals surface area contributed by atoms with Gasteiger partial charge in [0.05, 0.1) is 23.1 Å². The molecule has 3 N–H and O–H groups in total. The Labute approximate surface area is 115 Å². The van der Waals surface area contributed by atoms with Crippen LogP contribution in [0.5, 0.6) is 5.75 Å². The van der Waals surface area contributed by atoms with E-state index >= 15 is 0 Å². The van der Waals surface area contributed by atoms with Gasteiger partial charge in [-0.25, -0.2) is 0 Å². The van der Waals surface area contributed by atoms with Crippen LogP contribution in [0.2, 0.25) is 0 Å². The topological polar surface area (TPSA) is 56.5 Å². The lowest BCUT2D eigenvalue weighted by molar-refractivity contribution is -0.0601. The first-order valence-electron chi connectivity index (χ1n) is 6.90. The molecular formula is C15H24N2O2. The SMILES string of the molecule is COC1(CNc2cccc(OC(C)C)c2N)CCC1. The molecule has 4 nitrogen and oxygen atoms in total. The van der Waals surface area contributed by atoms with E-state index in [0.717, 1.165) is 30.8 Å². The van der Waals surface area contributed by atoms with E-state index in [4.69, 9.17) is 15.2 Å². The maximum atomic E-state index is 6.13. The second kappa shape index (κ2) is 5.70. The van der Waals surface area contributed by atoms with Crippen LogP contribution in [0.25, 0.3) is 0 Å². The minimum absolute atomic E-state index is 0.0125. The molecule has 19 heavy (non-hydrogen) atoms. The van der Waals surface area contributed by atoms with E-state index in [2.05, 4.69) is 5.32 Å². The normalized spacial score (nSPS) is 17.1. The van der Waals surface area contributed by atoms with Crippen molar-refractivity contribution in [1.29, 1.82) is 0 Å². The fraction of sp³-hybridized carbons (Fsp3) is 0.600. The van der Waals surface area contributed by atoms with Crippen LogP contribution < -0.4 is 15.8 Å². The summed E-state index contributed by atoms with van der Waals surface area (Å²) in [6, 6.07) is 5.83. The Morgan fingerprint density at radius 1 is 1.37 bits per heavy atom. The van der Waals surface area contributed by atoms with Gasteiger partial charge in [-0.1, -0.05) is 6.07 Å². The number of nitrogens with two attached hydrogens (primary N) is 1. The van der Waals surface area contributed by atoms with Gasteiger partial charge in [-0.05, 0) is 45.2 Å². The lowest BCUT2D eigenvalue weighted by atomic mass is 9.80. The number of rotatable bonds is 6. The molecule has 0 atom stereocenters. The Morgan fingerprint density at radius 3 is 2.63 bits per heavy atom. The van der Waals surface area contributed by atoms with Crippen LogP contribution in [0.4, 0.5) is 11.4 Å². The fourth-order valence-corrected chi connectivity index (χ4v) is 2.34. The molecule has 0 bridgehead atoms. The lowest BCUT2D eigenvalue weighted by Gasteiger charge is -2.40. The Bertz CT molecular complexity index is 423. The standard InChI is InChI=1S/C15H24N2O2/c1-11(2)19-13-7-4-6-12(14(13)16)17-10-15(18-3)8-5-9-15/h4,6-7,11,17H,5,8-10,16H2,1-3H3. The highest BCUT2D eigenvalue weighted by Crippen LogP contribution is 2.36. The lowest BCUT2D eigenvalue weighted by Crippen LogP contribution is -2.45. The largest absolute Gasteiger partial charge is 0.489 e. The molecule has 0 aromatic heterocycles. The van der Waals surface area contributed by atoms with Crippen molar-refractivity contribution in [3.63, 3.8) is 0 Å². The molecule has 2 rings (SSSR count). The van der Waals surface area contributed by atoms with Gasteiger partial charge >= 0.3 is 0 Å². The Morgan fingerprint density at radius 2 is 2.11 bits per heavy atom. The number of hydrogen-bond acceptors (Lipinski definition) is 4. The van der Waals surface area contributed by atoms with Gasteiger partial charge in [-0.3, -0.25) is 0 Å². The van der Waals surface area contributed by atoms with Crippen LogP contribution in [-0.4, -0.2) is 25.4 Å². The number of hydrogen-bond donors (Lipinski definition) is 2. The van der Waals surface area contributed by atoms with Crippen LogP contribution in [-0.2, 0) is 4.74 Å². The zero-order valence-electron chi connectivity index (χ0n) is 12.0. The summed E-state index contributed by atoms with van der Waals surface area (Å²) in [7, 11) is 1.78. The molecule has 0 saturated heterocycles. The number of para-hydroxylation sites is 1. The molecule has 0 amide bonds. The summed E-state index contributed by atoms with van der Waals surface area (Å²) >= 11 is 0. The maximum absolute atomic E-state index is 6.13. The maximum Gasteiger partial charge on any atom is 0.144 e. The van der Waals surface area contributed by atoms with Crippen LogP contribution in [0.15, 0.2) is 18.2 Å². The summed E-state index contributed by atoms with van der Waals surface area (Å²) in [4.78, 5) is 0. The number of methoxy groups -OCH3 is 1. The molecule has 1 aliphatic carbocycles. The second-order valence-electron chi connectivity index (χ2n) is 5.48.